The third-order valence-electron chi connectivity index (χ3n) is 4.38. The third-order valence-corrected chi connectivity index (χ3v) is 5.10. The number of allylic oxidation sites excluding steroid dienone is 2. The van der Waals surface area contributed by atoms with E-state index in [-0.39, 0.29) is 17.9 Å². The summed E-state index contributed by atoms with van der Waals surface area (Å²) in [6, 6.07) is 18.1. The van der Waals surface area contributed by atoms with E-state index in [9.17, 15) is 9.90 Å². The van der Waals surface area contributed by atoms with E-state index < -0.39 is 5.97 Å². The second-order valence-corrected chi connectivity index (χ2v) is 7.07. The van der Waals surface area contributed by atoms with Crippen LogP contribution in [0.3, 0.4) is 0 Å². The Balaban J connectivity index is 0.000000212. The fourth-order valence-corrected chi connectivity index (χ4v) is 3.54. The standard InChI is InChI=1S/C13H13BrO2.C8H11N/c14-12-8-4-3-6-10(12)9-5-1-2-7-11(9)13(15)16;1-7(9)8-5-3-2-4-6-8/h1-4,6,8-9,11H,5,7H2,(H,15,16);2-7H,9H2,1H3/t9-,11+;7-/m01/s1. The molecule has 0 radical (unpaired) electrons. The van der Waals surface area contributed by atoms with Crippen LogP contribution < -0.4 is 5.73 Å². The number of halogens is 1. The molecule has 0 unspecified atom stereocenters. The molecule has 1 aliphatic rings. The first-order chi connectivity index (χ1) is 12.0. The number of hydrogen-bond acceptors (Lipinski definition) is 2. The van der Waals surface area contributed by atoms with Gasteiger partial charge in [-0.05, 0) is 37.0 Å². The molecule has 0 aromatic heterocycles. The fraction of sp³-hybridized carbons (Fsp3) is 0.286. The second-order valence-electron chi connectivity index (χ2n) is 6.21. The minimum absolute atomic E-state index is 0.0816. The van der Waals surface area contributed by atoms with Gasteiger partial charge in [-0.3, -0.25) is 4.79 Å². The summed E-state index contributed by atoms with van der Waals surface area (Å²) in [6.07, 6.45) is 5.47. The second kappa shape index (κ2) is 9.54. The summed E-state index contributed by atoms with van der Waals surface area (Å²) in [7, 11) is 0. The van der Waals surface area contributed by atoms with Gasteiger partial charge in [0.25, 0.3) is 0 Å². The van der Waals surface area contributed by atoms with Crippen LogP contribution in [0.25, 0.3) is 0 Å². The van der Waals surface area contributed by atoms with Crippen molar-refractivity contribution in [2.75, 3.05) is 0 Å². The first-order valence-corrected chi connectivity index (χ1v) is 9.22. The van der Waals surface area contributed by atoms with Gasteiger partial charge in [0, 0.05) is 16.4 Å². The molecule has 0 aliphatic heterocycles. The van der Waals surface area contributed by atoms with E-state index in [1.54, 1.807) is 0 Å². The van der Waals surface area contributed by atoms with Gasteiger partial charge in [-0.2, -0.15) is 0 Å². The number of rotatable bonds is 3. The fourth-order valence-electron chi connectivity index (χ4n) is 2.96. The van der Waals surface area contributed by atoms with Crippen LogP contribution in [0.2, 0.25) is 0 Å². The van der Waals surface area contributed by atoms with Gasteiger partial charge in [0.15, 0.2) is 0 Å². The molecule has 0 heterocycles. The van der Waals surface area contributed by atoms with E-state index in [0.29, 0.717) is 6.42 Å². The molecule has 4 heteroatoms. The summed E-state index contributed by atoms with van der Waals surface area (Å²) in [6.45, 7) is 1.98. The SMILES string of the molecule is C[C@@H](N)c1ccccc1.O=C(O)[C@@H]1CC=CC[C@H]1c1ccccc1Br. The van der Waals surface area contributed by atoms with Crippen molar-refractivity contribution in [1.82, 2.24) is 0 Å². The Morgan fingerprint density at radius 1 is 1.08 bits per heavy atom. The largest absolute Gasteiger partial charge is 0.481 e. The summed E-state index contributed by atoms with van der Waals surface area (Å²) >= 11 is 3.49. The lowest BCUT2D eigenvalue weighted by Gasteiger charge is -2.26. The highest BCUT2D eigenvalue weighted by Gasteiger charge is 2.30. The quantitative estimate of drug-likeness (QED) is 0.686. The Labute approximate surface area is 157 Å². The van der Waals surface area contributed by atoms with Crippen molar-refractivity contribution in [3.63, 3.8) is 0 Å². The van der Waals surface area contributed by atoms with Gasteiger partial charge < -0.3 is 10.8 Å². The van der Waals surface area contributed by atoms with E-state index in [4.69, 9.17) is 5.73 Å². The zero-order chi connectivity index (χ0) is 18.2. The van der Waals surface area contributed by atoms with Gasteiger partial charge in [-0.15, -0.1) is 0 Å². The molecule has 3 nitrogen and oxygen atoms in total. The molecule has 3 atom stereocenters. The summed E-state index contributed by atoms with van der Waals surface area (Å²) in [5, 5.41) is 9.21. The maximum absolute atomic E-state index is 11.2. The van der Waals surface area contributed by atoms with E-state index in [1.807, 2.05) is 67.6 Å². The van der Waals surface area contributed by atoms with Crippen molar-refractivity contribution in [2.45, 2.75) is 31.7 Å². The third kappa shape index (κ3) is 5.55. The van der Waals surface area contributed by atoms with E-state index in [0.717, 1.165) is 16.5 Å². The van der Waals surface area contributed by atoms with Crippen LogP contribution in [0.1, 0.15) is 42.9 Å². The topological polar surface area (TPSA) is 63.3 Å². The maximum Gasteiger partial charge on any atom is 0.307 e. The van der Waals surface area contributed by atoms with Crippen LogP contribution in [-0.2, 0) is 4.79 Å². The number of nitrogens with two attached hydrogens (primary N) is 1. The zero-order valence-electron chi connectivity index (χ0n) is 14.3. The Morgan fingerprint density at radius 2 is 1.68 bits per heavy atom. The number of benzene rings is 2. The maximum atomic E-state index is 11.2. The predicted octanol–water partition coefficient (Wildman–Crippen LogP) is 5.29. The zero-order valence-corrected chi connectivity index (χ0v) is 15.9. The van der Waals surface area contributed by atoms with Crippen LogP contribution >= 0.6 is 15.9 Å². The van der Waals surface area contributed by atoms with Crippen LogP contribution in [0.15, 0.2) is 71.2 Å². The summed E-state index contributed by atoms with van der Waals surface area (Å²) in [4.78, 5) is 11.2. The van der Waals surface area contributed by atoms with Crippen molar-refractivity contribution >= 4 is 21.9 Å². The Bertz CT molecular complexity index is 713. The first-order valence-electron chi connectivity index (χ1n) is 8.43. The molecule has 0 spiro atoms. The number of carboxylic acid groups (broad SMARTS) is 1. The molecule has 0 fully saturated rings. The molecule has 0 bridgehead atoms. The lowest BCUT2D eigenvalue weighted by atomic mass is 9.78. The summed E-state index contributed by atoms with van der Waals surface area (Å²) in [5.74, 6) is -0.924. The molecule has 25 heavy (non-hydrogen) atoms. The Kier molecular flexibility index (Phi) is 7.41. The number of hydrogen-bond donors (Lipinski definition) is 2. The monoisotopic (exact) mass is 401 g/mol. The van der Waals surface area contributed by atoms with Crippen LogP contribution in [0.5, 0.6) is 0 Å². The van der Waals surface area contributed by atoms with Gasteiger partial charge in [-0.1, -0.05) is 76.6 Å². The Hall–Kier alpha value is -1.91. The molecule has 0 amide bonds. The van der Waals surface area contributed by atoms with Crippen LogP contribution in [0.4, 0.5) is 0 Å². The molecule has 0 saturated heterocycles. The van der Waals surface area contributed by atoms with E-state index >= 15 is 0 Å². The molecule has 3 rings (SSSR count). The van der Waals surface area contributed by atoms with E-state index in [2.05, 4.69) is 22.0 Å². The summed E-state index contributed by atoms with van der Waals surface area (Å²) < 4.78 is 1.00. The van der Waals surface area contributed by atoms with Gasteiger partial charge in [-0.25, -0.2) is 0 Å². The molecule has 2 aromatic rings. The van der Waals surface area contributed by atoms with Gasteiger partial charge in [0.2, 0.25) is 0 Å². The Morgan fingerprint density at radius 3 is 2.24 bits per heavy atom. The highest BCUT2D eigenvalue weighted by molar-refractivity contribution is 9.10. The average molecular weight is 402 g/mol. The number of aliphatic carboxylic acids is 1. The molecular formula is C21H24BrNO2. The smallest absolute Gasteiger partial charge is 0.307 e. The van der Waals surface area contributed by atoms with Crippen molar-refractivity contribution < 1.29 is 9.90 Å². The van der Waals surface area contributed by atoms with Crippen molar-refractivity contribution in [3.8, 4) is 0 Å². The van der Waals surface area contributed by atoms with E-state index in [1.165, 1.54) is 5.56 Å². The van der Waals surface area contributed by atoms with Crippen molar-refractivity contribution in [3.05, 3.63) is 82.3 Å². The molecule has 2 aromatic carbocycles. The minimum atomic E-state index is -0.704. The van der Waals surface area contributed by atoms with Gasteiger partial charge in [0.1, 0.15) is 0 Å². The van der Waals surface area contributed by atoms with Crippen LogP contribution in [0, 0.1) is 5.92 Å². The summed E-state index contributed by atoms with van der Waals surface area (Å²) in [5.41, 5.74) is 7.90. The minimum Gasteiger partial charge on any atom is -0.481 e. The number of carboxylic acids is 1. The number of carbonyl (C=O) groups is 1. The molecule has 3 N–H and O–H groups in total. The highest BCUT2D eigenvalue weighted by Crippen LogP contribution is 2.37. The first kappa shape index (κ1) is 19.4. The normalized spacial score (nSPS) is 20.3. The molecular weight excluding hydrogens is 378 g/mol. The highest BCUT2D eigenvalue weighted by atomic mass is 79.9. The molecule has 0 saturated carbocycles. The van der Waals surface area contributed by atoms with Crippen molar-refractivity contribution in [1.29, 1.82) is 0 Å². The lowest BCUT2D eigenvalue weighted by Crippen LogP contribution is -2.23. The molecule has 132 valence electrons. The van der Waals surface area contributed by atoms with Gasteiger partial charge in [0.05, 0.1) is 5.92 Å². The predicted molar refractivity (Wildman–Crippen MR) is 105 cm³/mol. The average Bonchev–Trinajstić information content (AvgIpc) is 2.63. The lowest BCUT2D eigenvalue weighted by molar-refractivity contribution is -0.142. The van der Waals surface area contributed by atoms with Crippen LogP contribution in [-0.4, -0.2) is 11.1 Å². The molecule has 1 aliphatic carbocycles. The van der Waals surface area contributed by atoms with Crippen molar-refractivity contribution in [2.24, 2.45) is 11.7 Å². The van der Waals surface area contributed by atoms with Gasteiger partial charge >= 0.3 is 5.97 Å².